The van der Waals surface area contributed by atoms with Crippen LogP contribution < -0.4 is 5.32 Å². The third kappa shape index (κ3) is 3.17. The maximum Gasteiger partial charge on any atom is 0.174 e. The van der Waals surface area contributed by atoms with E-state index in [4.69, 9.17) is 0 Å². The molecule has 1 heterocycles. The van der Waals surface area contributed by atoms with Crippen LogP contribution in [0.2, 0.25) is 0 Å². The van der Waals surface area contributed by atoms with E-state index in [0.29, 0.717) is 11.8 Å². The lowest BCUT2D eigenvalue weighted by Gasteiger charge is -2.21. The van der Waals surface area contributed by atoms with Crippen LogP contribution in [0.1, 0.15) is 24.8 Å². The van der Waals surface area contributed by atoms with Crippen LogP contribution in [0, 0.1) is 18.3 Å². The number of aromatic nitrogens is 2. The summed E-state index contributed by atoms with van der Waals surface area (Å²) in [6.07, 6.45) is 2.39. The van der Waals surface area contributed by atoms with Crippen LogP contribution in [0.4, 0.5) is 0 Å². The fraction of sp³-hybridized carbons (Fsp3) is 0.700. The van der Waals surface area contributed by atoms with Gasteiger partial charge in [0.1, 0.15) is 10.5 Å². The first-order valence-corrected chi connectivity index (χ1v) is 7.03. The first-order chi connectivity index (χ1) is 7.61. The summed E-state index contributed by atoms with van der Waals surface area (Å²) in [6, 6.07) is 2.89. The molecule has 1 aromatic heterocycles. The molecule has 0 spiro atoms. The van der Waals surface area contributed by atoms with Crippen molar-refractivity contribution < 1.29 is 0 Å². The maximum absolute atomic E-state index is 9.19. The Bertz CT molecular complexity index is 407. The molecule has 1 aliphatic rings. The van der Waals surface area contributed by atoms with Gasteiger partial charge in [0, 0.05) is 11.8 Å². The molecule has 1 saturated carbocycles. The molecular formula is C10H14N4S2. The van der Waals surface area contributed by atoms with Gasteiger partial charge in [-0.1, -0.05) is 23.1 Å². The number of hydrogen-bond acceptors (Lipinski definition) is 6. The molecule has 1 unspecified atom stereocenters. The van der Waals surface area contributed by atoms with Crippen LogP contribution in [0.3, 0.4) is 0 Å². The van der Waals surface area contributed by atoms with Gasteiger partial charge in [-0.05, 0) is 26.7 Å². The standard InChI is InChI=1S/C10H14N4S2/c1-7-13-14-9(16-7)15-6-10(2,5-11)12-8-3-4-8/h8,12H,3-4,6H2,1-2H3. The van der Waals surface area contributed by atoms with Gasteiger partial charge in [-0.15, -0.1) is 10.2 Å². The van der Waals surface area contributed by atoms with Crippen molar-refractivity contribution in [3.63, 3.8) is 0 Å². The average Bonchev–Trinajstić information content (AvgIpc) is 2.97. The molecule has 0 bridgehead atoms. The van der Waals surface area contributed by atoms with Gasteiger partial charge in [-0.25, -0.2) is 0 Å². The van der Waals surface area contributed by atoms with Gasteiger partial charge in [0.2, 0.25) is 0 Å². The number of aryl methyl sites for hydroxylation is 1. The molecule has 1 fully saturated rings. The molecule has 2 rings (SSSR count). The molecule has 1 N–H and O–H groups in total. The van der Waals surface area contributed by atoms with E-state index in [2.05, 4.69) is 21.6 Å². The van der Waals surface area contributed by atoms with Crippen LogP contribution in [0.5, 0.6) is 0 Å². The van der Waals surface area contributed by atoms with Gasteiger partial charge in [0.05, 0.1) is 6.07 Å². The molecule has 0 saturated heterocycles. The van der Waals surface area contributed by atoms with Crippen LogP contribution in [0.25, 0.3) is 0 Å². The van der Waals surface area contributed by atoms with Crippen molar-refractivity contribution in [2.75, 3.05) is 5.75 Å². The largest absolute Gasteiger partial charge is 0.296 e. The molecular weight excluding hydrogens is 240 g/mol. The Labute approximate surface area is 103 Å². The van der Waals surface area contributed by atoms with Gasteiger partial charge >= 0.3 is 0 Å². The smallest absolute Gasteiger partial charge is 0.174 e. The quantitative estimate of drug-likeness (QED) is 0.814. The fourth-order valence-electron chi connectivity index (χ4n) is 1.33. The zero-order valence-electron chi connectivity index (χ0n) is 9.36. The Kier molecular flexibility index (Phi) is 3.47. The molecule has 1 atom stereocenters. The highest BCUT2D eigenvalue weighted by molar-refractivity contribution is 8.01. The predicted octanol–water partition coefficient (Wildman–Crippen LogP) is 1.97. The second-order valence-electron chi connectivity index (χ2n) is 4.24. The maximum atomic E-state index is 9.19. The Balaban J connectivity index is 1.89. The summed E-state index contributed by atoms with van der Waals surface area (Å²) in [7, 11) is 0. The van der Waals surface area contributed by atoms with E-state index in [1.165, 1.54) is 12.8 Å². The Hall–Kier alpha value is -0.640. The van der Waals surface area contributed by atoms with E-state index in [9.17, 15) is 5.26 Å². The highest BCUT2D eigenvalue weighted by Crippen LogP contribution is 2.28. The van der Waals surface area contributed by atoms with Crippen LogP contribution in [0.15, 0.2) is 4.34 Å². The molecule has 0 aromatic carbocycles. The SMILES string of the molecule is Cc1nnc(SCC(C)(C#N)NC2CC2)s1. The summed E-state index contributed by atoms with van der Waals surface area (Å²) in [5, 5.41) is 21.5. The Morgan fingerprint density at radius 1 is 1.62 bits per heavy atom. The molecule has 0 aliphatic heterocycles. The van der Waals surface area contributed by atoms with E-state index in [0.717, 1.165) is 9.35 Å². The van der Waals surface area contributed by atoms with Crippen molar-refractivity contribution in [2.24, 2.45) is 0 Å². The predicted molar refractivity (Wildman–Crippen MR) is 65.5 cm³/mol. The van der Waals surface area contributed by atoms with Crippen molar-refractivity contribution in [2.45, 2.75) is 42.6 Å². The Morgan fingerprint density at radius 3 is 2.88 bits per heavy atom. The van der Waals surface area contributed by atoms with E-state index in [1.807, 2.05) is 13.8 Å². The summed E-state index contributed by atoms with van der Waals surface area (Å²) in [6.45, 7) is 3.89. The number of nitriles is 1. The van der Waals surface area contributed by atoms with Crippen LogP contribution >= 0.6 is 23.1 Å². The van der Waals surface area contributed by atoms with Gasteiger partial charge in [-0.3, -0.25) is 5.32 Å². The lowest BCUT2D eigenvalue weighted by atomic mass is 10.1. The molecule has 86 valence electrons. The summed E-state index contributed by atoms with van der Waals surface area (Å²) >= 11 is 3.18. The third-order valence-corrected chi connectivity index (χ3v) is 4.63. The van der Waals surface area contributed by atoms with Gasteiger partial charge in [-0.2, -0.15) is 5.26 Å². The average molecular weight is 254 g/mol. The number of hydrogen-bond donors (Lipinski definition) is 1. The molecule has 1 aromatic rings. The normalized spacial score (nSPS) is 19.1. The van der Waals surface area contributed by atoms with Crippen LogP contribution in [-0.2, 0) is 0 Å². The van der Waals surface area contributed by atoms with Gasteiger partial charge in [0.15, 0.2) is 4.34 Å². The van der Waals surface area contributed by atoms with E-state index in [-0.39, 0.29) is 0 Å². The summed E-state index contributed by atoms with van der Waals surface area (Å²) < 4.78 is 0.941. The van der Waals surface area contributed by atoms with Crippen molar-refractivity contribution in [1.82, 2.24) is 15.5 Å². The first kappa shape index (κ1) is 11.8. The minimum Gasteiger partial charge on any atom is -0.296 e. The fourth-order valence-corrected chi connectivity index (χ4v) is 3.18. The van der Waals surface area contributed by atoms with Crippen molar-refractivity contribution in [3.05, 3.63) is 5.01 Å². The molecule has 6 heteroatoms. The lowest BCUT2D eigenvalue weighted by Crippen LogP contribution is -2.44. The minimum atomic E-state index is -0.453. The summed E-state index contributed by atoms with van der Waals surface area (Å²) in [5.74, 6) is 0.717. The molecule has 4 nitrogen and oxygen atoms in total. The zero-order chi connectivity index (χ0) is 11.6. The number of thioether (sulfide) groups is 1. The van der Waals surface area contributed by atoms with E-state index < -0.39 is 5.54 Å². The third-order valence-electron chi connectivity index (χ3n) is 2.34. The summed E-state index contributed by atoms with van der Waals surface area (Å²) in [5.41, 5.74) is -0.453. The van der Waals surface area contributed by atoms with Crippen molar-refractivity contribution in [1.29, 1.82) is 5.26 Å². The Morgan fingerprint density at radius 2 is 2.38 bits per heavy atom. The van der Waals surface area contributed by atoms with Crippen molar-refractivity contribution >= 4 is 23.1 Å². The summed E-state index contributed by atoms with van der Waals surface area (Å²) in [4.78, 5) is 0. The molecule has 0 amide bonds. The van der Waals surface area contributed by atoms with Crippen molar-refractivity contribution in [3.8, 4) is 6.07 Å². The number of rotatable bonds is 5. The lowest BCUT2D eigenvalue weighted by molar-refractivity contribution is 0.490. The second-order valence-corrected chi connectivity index (χ2v) is 6.64. The molecule has 1 aliphatic carbocycles. The van der Waals surface area contributed by atoms with Gasteiger partial charge < -0.3 is 0 Å². The monoisotopic (exact) mass is 254 g/mol. The first-order valence-electron chi connectivity index (χ1n) is 5.23. The van der Waals surface area contributed by atoms with E-state index in [1.54, 1.807) is 23.1 Å². The molecule has 0 radical (unpaired) electrons. The topological polar surface area (TPSA) is 61.6 Å². The number of nitrogens with one attached hydrogen (secondary N) is 1. The number of nitrogens with zero attached hydrogens (tertiary/aromatic N) is 3. The molecule has 16 heavy (non-hydrogen) atoms. The van der Waals surface area contributed by atoms with Gasteiger partial charge in [0.25, 0.3) is 0 Å². The zero-order valence-corrected chi connectivity index (χ0v) is 11.0. The van der Waals surface area contributed by atoms with E-state index >= 15 is 0 Å². The van der Waals surface area contributed by atoms with Crippen LogP contribution in [-0.4, -0.2) is 27.5 Å². The minimum absolute atomic E-state index is 0.453. The second kappa shape index (κ2) is 4.70. The highest BCUT2D eigenvalue weighted by Gasteiger charge is 2.32. The highest BCUT2D eigenvalue weighted by atomic mass is 32.2.